The van der Waals surface area contributed by atoms with E-state index in [0.29, 0.717) is 24.3 Å². The maximum atomic E-state index is 13.6. The molecule has 0 aromatic heterocycles. The summed E-state index contributed by atoms with van der Waals surface area (Å²) in [6.45, 7) is 5.71. The number of nitrogens with zero attached hydrogens (tertiary/aromatic N) is 1. The number of para-hydroxylation sites is 1. The van der Waals surface area contributed by atoms with Crippen molar-refractivity contribution in [1.29, 1.82) is 0 Å². The van der Waals surface area contributed by atoms with Crippen molar-refractivity contribution < 1.29 is 17.9 Å². The summed E-state index contributed by atoms with van der Waals surface area (Å²) in [6, 6.07) is 12.8. The Bertz CT molecular complexity index is 1060. The molecule has 2 aliphatic rings. The molecule has 0 aliphatic carbocycles. The third-order valence-electron chi connectivity index (χ3n) is 6.07. The first-order valence-electron chi connectivity index (χ1n) is 10.5. The third kappa shape index (κ3) is 4.03. The summed E-state index contributed by atoms with van der Waals surface area (Å²) in [6.07, 6.45) is 1.14. The zero-order valence-corrected chi connectivity index (χ0v) is 19.7. The number of carbonyl (C=O) groups is 1. The van der Waals surface area contributed by atoms with Crippen molar-refractivity contribution in [2.75, 3.05) is 27.7 Å². The van der Waals surface area contributed by atoms with Crippen molar-refractivity contribution in [2.24, 2.45) is 0 Å². The first-order valence-corrected chi connectivity index (χ1v) is 13.1. The molecular weight excluding hydrogens is 432 g/mol. The lowest BCUT2D eigenvalue weighted by atomic mass is 10.0. The fourth-order valence-electron chi connectivity index (χ4n) is 4.07. The standard InChI is InChI=1S/C23H28N2O4S2/c1-16-6-4-7-17(2)21(16)25-13-5-12-23(3,31(25,27)28)22(26)24-18-8-10-19(11-9-18)29-20-14-30-15-20/h4,6-11,20H,5,12-15H2,1-3H3,(H,24,26). The highest BCUT2D eigenvalue weighted by molar-refractivity contribution is 8.00. The minimum absolute atomic E-state index is 0.243. The van der Waals surface area contributed by atoms with Crippen LogP contribution in [0.4, 0.5) is 11.4 Å². The SMILES string of the molecule is Cc1cccc(C)c1N1CCCC(C)(C(=O)Nc2ccc(OC3CSC3)cc2)S1(=O)=O. The van der Waals surface area contributed by atoms with Crippen molar-refractivity contribution in [3.8, 4) is 5.75 Å². The van der Waals surface area contributed by atoms with Crippen LogP contribution in [0.3, 0.4) is 0 Å². The molecule has 6 nitrogen and oxygen atoms in total. The second-order valence-electron chi connectivity index (χ2n) is 8.41. The lowest BCUT2D eigenvalue weighted by Gasteiger charge is -2.40. The lowest BCUT2D eigenvalue weighted by molar-refractivity contribution is -0.118. The molecule has 2 aliphatic heterocycles. The van der Waals surface area contributed by atoms with Crippen LogP contribution in [0.2, 0.25) is 0 Å². The summed E-state index contributed by atoms with van der Waals surface area (Å²) >= 11 is 1.85. The van der Waals surface area contributed by atoms with Gasteiger partial charge < -0.3 is 10.1 Å². The molecule has 0 saturated carbocycles. The number of aryl methyl sites for hydroxylation is 2. The Hall–Kier alpha value is -2.19. The predicted octanol–water partition coefficient (Wildman–Crippen LogP) is 4.13. The van der Waals surface area contributed by atoms with Gasteiger partial charge >= 0.3 is 0 Å². The molecule has 0 bridgehead atoms. The van der Waals surface area contributed by atoms with Crippen LogP contribution in [0, 0.1) is 13.8 Å². The van der Waals surface area contributed by atoms with E-state index in [0.717, 1.165) is 28.4 Å². The third-order valence-corrected chi connectivity index (χ3v) is 9.75. The number of rotatable bonds is 5. The average molecular weight is 461 g/mol. The van der Waals surface area contributed by atoms with E-state index in [2.05, 4.69) is 5.32 Å². The van der Waals surface area contributed by atoms with Gasteiger partial charge in [-0.2, -0.15) is 11.8 Å². The number of nitrogens with one attached hydrogen (secondary N) is 1. The zero-order chi connectivity index (χ0) is 22.2. The molecule has 8 heteroatoms. The van der Waals surface area contributed by atoms with E-state index in [4.69, 9.17) is 4.74 Å². The minimum atomic E-state index is -3.91. The molecule has 1 amide bonds. The monoisotopic (exact) mass is 460 g/mol. The molecule has 31 heavy (non-hydrogen) atoms. The molecule has 2 aromatic carbocycles. The number of ether oxygens (including phenoxy) is 1. The Morgan fingerprint density at radius 3 is 2.35 bits per heavy atom. The van der Waals surface area contributed by atoms with Crippen LogP contribution in [0.25, 0.3) is 0 Å². The number of amides is 1. The highest BCUT2D eigenvalue weighted by Crippen LogP contribution is 2.39. The van der Waals surface area contributed by atoms with Crippen molar-refractivity contribution >= 4 is 39.1 Å². The summed E-state index contributed by atoms with van der Waals surface area (Å²) in [5.74, 6) is 2.23. The molecule has 1 N–H and O–H groups in total. The minimum Gasteiger partial charge on any atom is -0.489 e. The van der Waals surface area contributed by atoms with Crippen LogP contribution in [0.5, 0.6) is 5.75 Å². The first-order chi connectivity index (χ1) is 14.7. The average Bonchev–Trinajstić information content (AvgIpc) is 2.69. The second-order valence-corrected chi connectivity index (χ2v) is 11.8. The van der Waals surface area contributed by atoms with Gasteiger partial charge in [-0.1, -0.05) is 18.2 Å². The van der Waals surface area contributed by atoms with E-state index in [9.17, 15) is 13.2 Å². The Labute approximate surface area is 188 Å². The van der Waals surface area contributed by atoms with Gasteiger partial charge in [0.05, 0.1) is 5.69 Å². The van der Waals surface area contributed by atoms with Crippen LogP contribution in [-0.2, 0) is 14.8 Å². The molecule has 2 fully saturated rings. The fourth-order valence-corrected chi connectivity index (χ4v) is 6.70. The first kappa shape index (κ1) is 22.0. The van der Waals surface area contributed by atoms with E-state index in [1.165, 1.54) is 11.2 Å². The van der Waals surface area contributed by atoms with E-state index < -0.39 is 20.7 Å². The Morgan fingerprint density at radius 2 is 1.77 bits per heavy atom. The number of hydrogen-bond donors (Lipinski definition) is 1. The van der Waals surface area contributed by atoms with Gasteiger partial charge in [-0.15, -0.1) is 0 Å². The number of sulfonamides is 1. The van der Waals surface area contributed by atoms with Gasteiger partial charge in [0, 0.05) is 23.7 Å². The molecule has 1 atom stereocenters. The van der Waals surface area contributed by atoms with E-state index in [1.807, 2.05) is 43.8 Å². The Morgan fingerprint density at radius 1 is 1.13 bits per heavy atom. The molecule has 0 radical (unpaired) electrons. The predicted molar refractivity (Wildman–Crippen MR) is 127 cm³/mol. The van der Waals surface area contributed by atoms with E-state index in [-0.39, 0.29) is 12.5 Å². The highest BCUT2D eigenvalue weighted by atomic mass is 32.2. The van der Waals surface area contributed by atoms with Gasteiger partial charge in [0.25, 0.3) is 0 Å². The van der Waals surface area contributed by atoms with Crippen LogP contribution >= 0.6 is 11.8 Å². The van der Waals surface area contributed by atoms with Gasteiger partial charge in [0.15, 0.2) is 4.75 Å². The summed E-state index contributed by atoms with van der Waals surface area (Å²) in [5.41, 5.74) is 3.00. The molecule has 1 unspecified atom stereocenters. The molecule has 0 spiro atoms. The van der Waals surface area contributed by atoms with Crippen LogP contribution in [0.15, 0.2) is 42.5 Å². The topological polar surface area (TPSA) is 75.7 Å². The molecule has 2 aromatic rings. The van der Waals surface area contributed by atoms with Gasteiger partial charge in [-0.3, -0.25) is 9.10 Å². The molecule has 4 rings (SSSR count). The van der Waals surface area contributed by atoms with Crippen molar-refractivity contribution in [3.63, 3.8) is 0 Å². The van der Waals surface area contributed by atoms with E-state index >= 15 is 0 Å². The highest BCUT2D eigenvalue weighted by Gasteiger charge is 2.52. The second kappa shape index (κ2) is 8.39. The number of hydrogen-bond acceptors (Lipinski definition) is 5. The van der Waals surface area contributed by atoms with E-state index in [1.54, 1.807) is 24.3 Å². The van der Waals surface area contributed by atoms with Crippen molar-refractivity contribution in [1.82, 2.24) is 0 Å². The summed E-state index contributed by atoms with van der Waals surface area (Å²) < 4.78 is 33.0. The smallest absolute Gasteiger partial charge is 0.249 e. The maximum absolute atomic E-state index is 13.6. The molecule has 2 heterocycles. The number of thioether (sulfide) groups is 1. The molecule has 2 saturated heterocycles. The summed E-state index contributed by atoms with van der Waals surface area (Å²) in [7, 11) is -3.91. The quantitative estimate of drug-likeness (QED) is 0.726. The van der Waals surface area contributed by atoms with Gasteiger partial charge in [-0.05, 0) is 69.0 Å². The zero-order valence-electron chi connectivity index (χ0n) is 18.1. The van der Waals surface area contributed by atoms with Crippen molar-refractivity contribution in [2.45, 2.75) is 44.5 Å². The number of benzene rings is 2. The normalized spacial score (nSPS) is 23.1. The van der Waals surface area contributed by atoms with Crippen LogP contribution < -0.4 is 14.4 Å². The van der Waals surface area contributed by atoms with Crippen molar-refractivity contribution in [3.05, 3.63) is 53.6 Å². The Kier molecular flexibility index (Phi) is 5.96. The maximum Gasteiger partial charge on any atom is 0.249 e. The lowest BCUT2D eigenvalue weighted by Crippen LogP contribution is -2.57. The van der Waals surface area contributed by atoms with Crippen LogP contribution in [-0.4, -0.2) is 43.2 Å². The Balaban J connectivity index is 1.55. The number of carbonyl (C=O) groups excluding carboxylic acids is 1. The summed E-state index contributed by atoms with van der Waals surface area (Å²) in [4.78, 5) is 13.2. The largest absolute Gasteiger partial charge is 0.489 e. The van der Waals surface area contributed by atoms with Crippen LogP contribution in [0.1, 0.15) is 30.9 Å². The summed E-state index contributed by atoms with van der Waals surface area (Å²) in [5, 5.41) is 2.81. The fraction of sp³-hybridized carbons (Fsp3) is 0.435. The van der Waals surface area contributed by atoms with Gasteiger partial charge in [-0.25, -0.2) is 8.42 Å². The number of anilines is 2. The molecule has 166 valence electrons. The molecular formula is C23H28N2O4S2. The van der Waals surface area contributed by atoms with Gasteiger partial charge in [0.1, 0.15) is 11.9 Å². The van der Waals surface area contributed by atoms with Gasteiger partial charge in [0.2, 0.25) is 15.9 Å².